The molecular formula is C13H20N6O. The Bertz CT molecular complexity index is 602. The molecule has 0 spiro atoms. The van der Waals surface area contributed by atoms with Crippen molar-refractivity contribution in [1.82, 2.24) is 24.7 Å². The molecule has 0 aromatic carbocycles. The van der Waals surface area contributed by atoms with Gasteiger partial charge < -0.3 is 15.3 Å². The SMILES string of the molecule is Cc1cc(NCC2(O)CCN(C)CC2)c2nncn2n1. The van der Waals surface area contributed by atoms with Gasteiger partial charge in [0.25, 0.3) is 0 Å². The molecular weight excluding hydrogens is 256 g/mol. The lowest BCUT2D eigenvalue weighted by atomic mass is 9.91. The summed E-state index contributed by atoms with van der Waals surface area (Å²) in [4.78, 5) is 2.24. The first-order valence-corrected chi connectivity index (χ1v) is 6.88. The van der Waals surface area contributed by atoms with E-state index in [0.717, 1.165) is 37.3 Å². The number of nitrogens with zero attached hydrogens (tertiary/aromatic N) is 5. The van der Waals surface area contributed by atoms with Gasteiger partial charge in [0.05, 0.1) is 17.0 Å². The minimum atomic E-state index is -0.652. The molecule has 7 heteroatoms. The molecule has 0 bridgehead atoms. The first kappa shape index (κ1) is 13.3. The van der Waals surface area contributed by atoms with Gasteiger partial charge in [-0.15, -0.1) is 10.2 Å². The highest BCUT2D eigenvalue weighted by Crippen LogP contribution is 2.23. The molecule has 2 N–H and O–H groups in total. The molecule has 0 atom stereocenters. The largest absolute Gasteiger partial charge is 0.388 e. The van der Waals surface area contributed by atoms with Crippen molar-refractivity contribution in [2.75, 3.05) is 32.0 Å². The predicted molar refractivity (Wildman–Crippen MR) is 75.7 cm³/mol. The second kappa shape index (κ2) is 4.99. The maximum Gasteiger partial charge on any atom is 0.200 e. The Morgan fingerprint density at radius 1 is 1.40 bits per heavy atom. The first-order chi connectivity index (χ1) is 9.56. The molecule has 0 saturated carbocycles. The van der Waals surface area contributed by atoms with Crippen LogP contribution in [0.15, 0.2) is 12.4 Å². The van der Waals surface area contributed by atoms with Gasteiger partial charge in [-0.05, 0) is 32.9 Å². The number of aryl methyl sites for hydroxylation is 1. The third-order valence-corrected chi connectivity index (χ3v) is 3.92. The van der Waals surface area contributed by atoms with Crippen LogP contribution >= 0.6 is 0 Å². The van der Waals surface area contributed by atoms with Crippen LogP contribution in [0.1, 0.15) is 18.5 Å². The summed E-state index contributed by atoms with van der Waals surface area (Å²) >= 11 is 0. The van der Waals surface area contributed by atoms with Gasteiger partial charge in [0.1, 0.15) is 6.33 Å². The van der Waals surface area contributed by atoms with E-state index in [0.29, 0.717) is 12.2 Å². The number of fused-ring (bicyclic) bond motifs is 1. The number of rotatable bonds is 3. The van der Waals surface area contributed by atoms with E-state index in [1.165, 1.54) is 0 Å². The highest BCUT2D eigenvalue weighted by Gasteiger charge is 2.31. The van der Waals surface area contributed by atoms with Crippen LogP contribution in [0.4, 0.5) is 5.69 Å². The lowest BCUT2D eigenvalue weighted by Gasteiger charge is -2.36. The molecule has 0 aliphatic carbocycles. The Morgan fingerprint density at radius 2 is 2.15 bits per heavy atom. The Morgan fingerprint density at radius 3 is 2.90 bits per heavy atom. The summed E-state index contributed by atoms with van der Waals surface area (Å²) < 4.78 is 1.65. The summed E-state index contributed by atoms with van der Waals surface area (Å²) in [5.41, 5.74) is 1.78. The zero-order valence-electron chi connectivity index (χ0n) is 11.9. The molecule has 2 aromatic heterocycles. The van der Waals surface area contributed by atoms with E-state index < -0.39 is 5.60 Å². The summed E-state index contributed by atoms with van der Waals surface area (Å²) in [6.45, 7) is 4.30. The third kappa shape index (κ3) is 2.59. The van der Waals surface area contributed by atoms with Crippen LogP contribution in [0.3, 0.4) is 0 Å². The smallest absolute Gasteiger partial charge is 0.200 e. The average molecular weight is 276 g/mol. The van der Waals surface area contributed by atoms with Crippen molar-refractivity contribution < 1.29 is 5.11 Å². The maximum atomic E-state index is 10.6. The molecule has 7 nitrogen and oxygen atoms in total. The van der Waals surface area contributed by atoms with Crippen LogP contribution in [-0.2, 0) is 0 Å². The number of likely N-dealkylation sites (tertiary alicyclic amines) is 1. The Kier molecular flexibility index (Phi) is 3.31. The normalized spacial score (nSPS) is 19.4. The Labute approximate surface area is 117 Å². The van der Waals surface area contributed by atoms with Crippen molar-refractivity contribution in [3.8, 4) is 0 Å². The number of anilines is 1. The second-order valence-electron chi connectivity index (χ2n) is 5.68. The van der Waals surface area contributed by atoms with Crippen LogP contribution < -0.4 is 5.32 Å². The van der Waals surface area contributed by atoms with Gasteiger partial charge in [-0.1, -0.05) is 0 Å². The standard InChI is InChI=1S/C13H20N6O/c1-10-7-11(12-16-15-9-19(12)17-10)14-8-13(20)3-5-18(2)6-4-13/h7,9,14,20H,3-6,8H2,1-2H3. The summed E-state index contributed by atoms with van der Waals surface area (Å²) in [5, 5.41) is 26.1. The van der Waals surface area contributed by atoms with Crippen LogP contribution in [-0.4, -0.2) is 62.1 Å². The number of piperidine rings is 1. The summed E-state index contributed by atoms with van der Waals surface area (Å²) in [6, 6.07) is 1.93. The van der Waals surface area contributed by atoms with Crippen LogP contribution in [0.5, 0.6) is 0 Å². The number of hydrogen-bond donors (Lipinski definition) is 2. The van der Waals surface area contributed by atoms with E-state index in [1.54, 1.807) is 10.8 Å². The number of hydrogen-bond acceptors (Lipinski definition) is 6. The molecule has 1 aliphatic heterocycles. The molecule has 0 amide bonds. The molecule has 0 unspecified atom stereocenters. The van der Waals surface area contributed by atoms with Crippen molar-refractivity contribution in [2.24, 2.45) is 0 Å². The number of nitrogens with one attached hydrogen (secondary N) is 1. The number of aromatic nitrogens is 4. The Balaban J connectivity index is 1.75. The topological polar surface area (TPSA) is 78.6 Å². The molecule has 1 fully saturated rings. The molecule has 1 aliphatic rings. The first-order valence-electron chi connectivity index (χ1n) is 6.88. The minimum Gasteiger partial charge on any atom is -0.388 e. The Hall–Kier alpha value is -1.73. The fourth-order valence-electron chi connectivity index (χ4n) is 2.55. The van der Waals surface area contributed by atoms with Crippen LogP contribution in [0.2, 0.25) is 0 Å². The molecule has 20 heavy (non-hydrogen) atoms. The summed E-state index contributed by atoms with van der Waals surface area (Å²) in [6.07, 6.45) is 3.14. The van der Waals surface area contributed by atoms with E-state index in [-0.39, 0.29) is 0 Å². The maximum absolute atomic E-state index is 10.6. The average Bonchev–Trinajstić information content (AvgIpc) is 2.88. The van der Waals surface area contributed by atoms with E-state index in [4.69, 9.17) is 0 Å². The zero-order valence-corrected chi connectivity index (χ0v) is 11.9. The van der Waals surface area contributed by atoms with Crippen LogP contribution in [0, 0.1) is 6.92 Å². The van der Waals surface area contributed by atoms with Gasteiger partial charge in [0.15, 0.2) is 0 Å². The monoisotopic (exact) mass is 276 g/mol. The van der Waals surface area contributed by atoms with Crippen molar-refractivity contribution in [2.45, 2.75) is 25.4 Å². The highest BCUT2D eigenvalue weighted by atomic mass is 16.3. The molecule has 3 heterocycles. The fraction of sp³-hybridized carbons (Fsp3) is 0.615. The second-order valence-corrected chi connectivity index (χ2v) is 5.68. The van der Waals surface area contributed by atoms with Gasteiger partial charge in [0, 0.05) is 19.6 Å². The van der Waals surface area contributed by atoms with Gasteiger partial charge in [0.2, 0.25) is 5.65 Å². The van der Waals surface area contributed by atoms with Gasteiger partial charge >= 0.3 is 0 Å². The van der Waals surface area contributed by atoms with Crippen molar-refractivity contribution in [3.05, 3.63) is 18.1 Å². The summed E-state index contributed by atoms with van der Waals surface area (Å²) in [7, 11) is 2.08. The lowest BCUT2D eigenvalue weighted by Crippen LogP contribution is -2.47. The molecule has 2 aromatic rings. The molecule has 108 valence electrons. The van der Waals surface area contributed by atoms with E-state index >= 15 is 0 Å². The van der Waals surface area contributed by atoms with E-state index in [2.05, 4.69) is 32.6 Å². The summed E-state index contributed by atoms with van der Waals surface area (Å²) in [5.74, 6) is 0. The molecule has 0 radical (unpaired) electrons. The van der Waals surface area contributed by atoms with Gasteiger partial charge in [-0.2, -0.15) is 9.61 Å². The quantitative estimate of drug-likeness (QED) is 0.839. The molecule has 3 rings (SSSR count). The van der Waals surface area contributed by atoms with Crippen molar-refractivity contribution in [3.63, 3.8) is 0 Å². The van der Waals surface area contributed by atoms with Gasteiger partial charge in [-0.3, -0.25) is 0 Å². The van der Waals surface area contributed by atoms with E-state index in [1.807, 2.05) is 13.0 Å². The van der Waals surface area contributed by atoms with Crippen LogP contribution in [0.25, 0.3) is 5.65 Å². The fourth-order valence-corrected chi connectivity index (χ4v) is 2.55. The van der Waals surface area contributed by atoms with Crippen molar-refractivity contribution >= 4 is 11.3 Å². The van der Waals surface area contributed by atoms with E-state index in [9.17, 15) is 5.11 Å². The molecule has 1 saturated heterocycles. The zero-order chi connectivity index (χ0) is 14.2. The third-order valence-electron chi connectivity index (χ3n) is 3.92. The highest BCUT2D eigenvalue weighted by molar-refractivity contribution is 5.66. The number of aliphatic hydroxyl groups is 1. The predicted octanol–water partition coefficient (Wildman–Crippen LogP) is 0.301. The van der Waals surface area contributed by atoms with Gasteiger partial charge in [-0.25, -0.2) is 0 Å². The lowest BCUT2D eigenvalue weighted by molar-refractivity contribution is -0.00401. The minimum absolute atomic E-state index is 0.521. The van der Waals surface area contributed by atoms with Crippen molar-refractivity contribution in [1.29, 1.82) is 0 Å².